The van der Waals surface area contributed by atoms with Crippen LogP contribution >= 0.6 is 0 Å². The van der Waals surface area contributed by atoms with E-state index >= 15 is 0 Å². The fourth-order valence-electron chi connectivity index (χ4n) is 2.96. The average molecular weight is 442 g/mol. The number of carboxylic acids is 1. The number of nitrogens with zero attached hydrogens (tertiary/aromatic N) is 4. The first-order valence-corrected chi connectivity index (χ1v) is 9.79. The van der Waals surface area contributed by atoms with E-state index in [0.717, 1.165) is 5.56 Å². The van der Waals surface area contributed by atoms with Gasteiger partial charge in [-0.2, -0.15) is 4.98 Å². The van der Waals surface area contributed by atoms with Crippen LogP contribution in [0.15, 0.2) is 41.5 Å². The maximum Gasteiger partial charge on any atom is 0.414 e. The number of ether oxygens (including phenoxy) is 1. The minimum atomic E-state index is -1.13. The van der Waals surface area contributed by atoms with Crippen LogP contribution in [0.4, 0.5) is 10.7 Å². The zero-order valence-electron chi connectivity index (χ0n) is 17.3. The van der Waals surface area contributed by atoms with Crippen molar-refractivity contribution in [1.82, 2.24) is 24.4 Å². The van der Waals surface area contributed by atoms with E-state index in [-0.39, 0.29) is 36.8 Å². The molecular formula is C20H22N6O6. The van der Waals surface area contributed by atoms with Gasteiger partial charge in [-0.3, -0.25) is 24.7 Å². The second-order valence-electron chi connectivity index (χ2n) is 6.85. The van der Waals surface area contributed by atoms with Crippen LogP contribution in [-0.4, -0.2) is 60.6 Å². The van der Waals surface area contributed by atoms with E-state index in [2.05, 4.69) is 20.3 Å². The van der Waals surface area contributed by atoms with Gasteiger partial charge >= 0.3 is 12.1 Å². The van der Waals surface area contributed by atoms with Crippen LogP contribution in [0.25, 0.3) is 11.2 Å². The summed E-state index contributed by atoms with van der Waals surface area (Å²) in [5.41, 5.74) is 0.207. The van der Waals surface area contributed by atoms with Gasteiger partial charge in [-0.15, -0.1) is 0 Å². The molecule has 32 heavy (non-hydrogen) atoms. The summed E-state index contributed by atoms with van der Waals surface area (Å²) in [4.78, 5) is 59.6. The Bertz CT molecular complexity index is 1170. The molecule has 2 aromatic heterocycles. The molecule has 1 aromatic carbocycles. The van der Waals surface area contributed by atoms with Gasteiger partial charge in [-0.05, 0) is 12.0 Å². The normalized spacial score (nSPS) is 10.7. The molecule has 2 amide bonds. The number of carbonyl (C=O) groups excluding carboxylic acids is 2. The summed E-state index contributed by atoms with van der Waals surface area (Å²) < 4.78 is 6.42. The van der Waals surface area contributed by atoms with E-state index in [0.29, 0.717) is 6.42 Å². The van der Waals surface area contributed by atoms with E-state index < -0.39 is 30.1 Å². The van der Waals surface area contributed by atoms with Crippen LogP contribution in [0.3, 0.4) is 0 Å². The maximum absolute atomic E-state index is 12.6. The molecule has 0 aliphatic carbocycles. The number of aliphatic carboxylic acids is 1. The Labute approximate surface area is 181 Å². The van der Waals surface area contributed by atoms with Gasteiger partial charge in [0.1, 0.15) is 19.7 Å². The summed E-state index contributed by atoms with van der Waals surface area (Å²) in [6.45, 7) is 1.42. The molecular weight excluding hydrogens is 420 g/mol. The molecule has 0 aliphatic heterocycles. The Kier molecular flexibility index (Phi) is 7.16. The molecule has 2 heterocycles. The number of rotatable bonds is 9. The topological polar surface area (TPSA) is 160 Å². The number of aromatic amines is 1. The number of anilines is 1. The van der Waals surface area contributed by atoms with Gasteiger partial charge in [0.15, 0.2) is 11.2 Å². The van der Waals surface area contributed by atoms with Crippen molar-refractivity contribution in [2.75, 3.05) is 18.4 Å². The van der Waals surface area contributed by atoms with Gasteiger partial charge in [-0.25, -0.2) is 9.78 Å². The Morgan fingerprint density at radius 3 is 2.69 bits per heavy atom. The SMILES string of the molecule is CCCN(CC(=O)O)C(=O)Cn1cnc2c(=O)[nH]c(NC(=O)OCc3ccccc3)nc21. The highest BCUT2D eigenvalue weighted by molar-refractivity contribution is 5.84. The largest absolute Gasteiger partial charge is 0.480 e. The highest BCUT2D eigenvalue weighted by Crippen LogP contribution is 2.10. The zero-order chi connectivity index (χ0) is 23.1. The van der Waals surface area contributed by atoms with Crippen LogP contribution in [0.1, 0.15) is 18.9 Å². The van der Waals surface area contributed by atoms with Crippen LogP contribution in [0, 0.1) is 0 Å². The Balaban J connectivity index is 1.74. The number of hydrogen-bond acceptors (Lipinski definition) is 7. The predicted molar refractivity (Wildman–Crippen MR) is 113 cm³/mol. The number of amides is 2. The van der Waals surface area contributed by atoms with Crippen molar-refractivity contribution in [1.29, 1.82) is 0 Å². The lowest BCUT2D eigenvalue weighted by atomic mass is 10.2. The quantitative estimate of drug-likeness (QED) is 0.445. The van der Waals surface area contributed by atoms with E-state index in [4.69, 9.17) is 9.84 Å². The molecule has 12 heteroatoms. The molecule has 3 rings (SSSR count). The number of H-pyrrole nitrogens is 1. The molecule has 0 saturated heterocycles. The number of carboxylic acid groups (broad SMARTS) is 1. The number of fused-ring (bicyclic) bond motifs is 1. The number of nitrogens with one attached hydrogen (secondary N) is 2. The molecule has 0 saturated carbocycles. The smallest absolute Gasteiger partial charge is 0.414 e. The molecule has 0 unspecified atom stereocenters. The second-order valence-corrected chi connectivity index (χ2v) is 6.85. The fourth-order valence-corrected chi connectivity index (χ4v) is 2.96. The average Bonchev–Trinajstić information content (AvgIpc) is 3.15. The molecule has 3 N–H and O–H groups in total. The fraction of sp³-hybridized carbons (Fsp3) is 0.300. The molecule has 0 bridgehead atoms. The molecule has 3 aromatic rings. The summed E-state index contributed by atoms with van der Waals surface area (Å²) >= 11 is 0. The monoisotopic (exact) mass is 442 g/mol. The summed E-state index contributed by atoms with van der Waals surface area (Å²) in [5, 5.41) is 11.4. The van der Waals surface area contributed by atoms with E-state index in [1.54, 1.807) is 12.1 Å². The van der Waals surface area contributed by atoms with Crippen LogP contribution in [-0.2, 0) is 27.5 Å². The van der Waals surface area contributed by atoms with Gasteiger partial charge in [0.25, 0.3) is 5.56 Å². The molecule has 12 nitrogen and oxygen atoms in total. The summed E-state index contributed by atoms with van der Waals surface area (Å²) in [6.07, 6.45) is 1.02. The standard InChI is InChI=1S/C20H22N6O6/c1-2-8-25(10-15(28)29)14(27)9-26-12-21-16-17(26)22-19(23-18(16)30)24-20(31)32-11-13-6-4-3-5-7-13/h3-7,12H,2,8-11H2,1H3,(H,28,29)(H2,22,23,24,30,31). The predicted octanol–water partition coefficient (Wildman–Crippen LogP) is 1.19. The van der Waals surface area contributed by atoms with Gasteiger partial charge in [-0.1, -0.05) is 37.3 Å². The number of aromatic nitrogens is 4. The van der Waals surface area contributed by atoms with Crippen molar-refractivity contribution >= 4 is 35.1 Å². The Hall–Kier alpha value is -4.22. The first-order valence-electron chi connectivity index (χ1n) is 9.79. The third-order valence-corrected chi connectivity index (χ3v) is 4.39. The third kappa shape index (κ3) is 5.68. The lowest BCUT2D eigenvalue weighted by Gasteiger charge is -2.20. The van der Waals surface area contributed by atoms with Gasteiger partial charge in [0.05, 0.1) is 6.33 Å². The third-order valence-electron chi connectivity index (χ3n) is 4.39. The highest BCUT2D eigenvalue weighted by Gasteiger charge is 2.19. The van der Waals surface area contributed by atoms with Gasteiger partial charge in [0, 0.05) is 6.54 Å². The van der Waals surface area contributed by atoms with Crippen LogP contribution < -0.4 is 10.9 Å². The number of carbonyl (C=O) groups is 3. The van der Waals surface area contributed by atoms with Crippen molar-refractivity contribution < 1.29 is 24.2 Å². The minimum Gasteiger partial charge on any atom is -0.480 e. The van der Waals surface area contributed by atoms with Crippen molar-refractivity contribution in [3.63, 3.8) is 0 Å². The number of benzene rings is 1. The first-order chi connectivity index (χ1) is 15.4. The van der Waals surface area contributed by atoms with Crippen molar-refractivity contribution in [2.45, 2.75) is 26.5 Å². The lowest BCUT2D eigenvalue weighted by molar-refractivity contribution is -0.144. The molecule has 0 radical (unpaired) electrons. The minimum absolute atomic E-state index is 0.0266. The maximum atomic E-state index is 12.6. The summed E-state index contributed by atoms with van der Waals surface area (Å²) in [7, 11) is 0. The highest BCUT2D eigenvalue weighted by atomic mass is 16.5. The van der Waals surface area contributed by atoms with Crippen LogP contribution in [0.2, 0.25) is 0 Å². The molecule has 0 atom stereocenters. The van der Waals surface area contributed by atoms with E-state index in [1.165, 1.54) is 15.8 Å². The summed E-state index contributed by atoms with van der Waals surface area (Å²) in [6, 6.07) is 9.04. The van der Waals surface area contributed by atoms with Gasteiger partial charge in [0.2, 0.25) is 11.9 Å². The van der Waals surface area contributed by atoms with Crippen LogP contribution in [0.5, 0.6) is 0 Å². The van der Waals surface area contributed by atoms with Crippen molar-refractivity contribution in [3.05, 3.63) is 52.6 Å². The number of hydrogen-bond donors (Lipinski definition) is 3. The Morgan fingerprint density at radius 2 is 2.00 bits per heavy atom. The molecule has 0 fully saturated rings. The molecule has 168 valence electrons. The number of imidazole rings is 1. The molecule has 0 aliphatic rings. The zero-order valence-corrected chi connectivity index (χ0v) is 17.3. The Morgan fingerprint density at radius 1 is 1.25 bits per heavy atom. The summed E-state index contributed by atoms with van der Waals surface area (Å²) in [5.74, 6) is -1.77. The van der Waals surface area contributed by atoms with Crippen molar-refractivity contribution in [3.8, 4) is 0 Å². The second kappa shape index (κ2) is 10.2. The lowest BCUT2D eigenvalue weighted by Crippen LogP contribution is -2.38. The van der Waals surface area contributed by atoms with Crippen molar-refractivity contribution in [2.24, 2.45) is 0 Å². The first kappa shape index (κ1) is 22.5. The van der Waals surface area contributed by atoms with Gasteiger partial charge < -0.3 is 19.3 Å². The van der Waals surface area contributed by atoms with E-state index in [1.807, 2.05) is 25.1 Å². The molecule has 0 spiro atoms. The van der Waals surface area contributed by atoms with E-state index in [9.17, 15) is 19.2 Å².